The van der Waals surface area contributed by atoms with Crippen molar-refractivity contribution in [1.29, 1.82) is 0 Å². The summed E-state index contributed by atoms with van der Waals surface area (Å²) < 4.78 is 32.7. The molecule has 0 saturated heterocycles. The highest BCUT2D eigenvalue weighted by Crippen LogP contribution is 2.23. The lowest BCUT2D eigenvalue weighted by Gasteiger charge is -2.18. The van der Waals surface area contributed by atoms with Crippen molar-refractivity contribution in [3.8, 4) is 0 Å². The van der Waals surface area contributed by atoms with Gasteiger partial charge in [0.2, 0.25) is 10.0 Å². The maximum atomic E-state index is 13.2. The second kappa shape index (κ2) is 8.75. The molecule has 158 valence electrons. The number of benzene rings is 2. The summed E-state index contributed by atoms with van der Waals surface area (Å²) in [4.78, 5) is 16.4. The van der Waals surface area contributed by atoms with Crippen molar-refractivity contribution in [2.45, 2.75) is 13.5 Å². The minimum absolute atomic E-state index is 0.0401. The molecular weight excluding hydrogens is 412 g/mol. The average molecular weight is 435 g/mol. The van der Waals surface area contributed by atoms with E-state index in [1.165, 1.54) is 12.3 Å². The van der Waals surface area contributed by atoms with E-state index in [4.69, 9.17) is 4.42 Å². The Labute approximate surface area is 180 Å². The summed E-state index contributed by atoms with van der Waals surface area (Å²) in [6.45, 7) is 1.47. The molecule has 0 aliphatic heterocycles. The highest BCUT2D eigenvalue weighted by Gasteiger charge is 2.26. The number of hydrogen-bond donors (Lipinski definition) is 1. The number of nitrogens with zero attached hydrogens (tertiary/aromatic N) is 1. The van der Waals surface area contributed by atoms with Crippen LogP contribution in [0.5, 0.6) is 0 Å². The molecule has 7 heteroatoms. The number of Topliss-reactive ketones (excluding diaryl/α,β-unsaturated/α-hetero) is 1. The molecule has 1 N–H and O–H groups in total. The predicted molar refractivity (Wildman–Crippen MR) is 121 cm³/mol. The van der Waals surface area contributed by atoms with E-state index < -0.39 is 10.0 Å². The van der Waals surface area contributed by atoms with Crippen molar-refractivity contribution in [1.82, 2.24) is 9.29 Å². The molecule has 4 rings (SSSR count). The highest BCUT2D eigenvalue weighted by molar-refractivity contribution is 7.92. The molecule has 4 aromatic rings. The Morgan fingerprint density at radius 1 is 1.03 bits per heavy atom. The third-order valence-corrected chi connectivity index (χ3v) is 6.45. The topological polar surface area (TPSA) is 83.4 Å². The number of aryl methyl sites for hydroxylation is 1. The van der Waals surface area contributed by atoms with Crippen LogP contribution in [0.3, 0.4) is 0 Å². The van der Waals surface area contributed by atoms with Crippen LogP contribution in [0.2, 0.25) is 0 Å². The molecule has 0 aliphatic rings. The van der Waals surface area contributed by atoms with E-state index in [2.05, 4.69) is 4.98 Å². The Hall–Kier alpha value is -3.42. The van der Waals surface area contributed by atoms with Crippen LogP contribution in [0.1, 0.15) is 27.4 Å². The number of ketones is 1. The maximum absolute atomic E-state index is 13.2. The molecule has 0 aliphatic carbocycles. The van der Waals surface area contributed by atoms with E-state index in [0.717, 1.165) is 26.2 Å². The van der Waals surface area contributed by atoms with Gasteiger partial charge in [-0.15, -0.1) is 0 Å². The Morgan fingerprint density at radius 2 is 1.77 bits per heavy atom. The largest absolute Gasteiger partial charge is 0.468 e. The fourth-order valence-corrected chi connectivity index (χ4v) is 4.61. The van der Waals surface area contributed by atoms with Crippen LogP contribution in [0, 0.1) is 6.92 Å². The Kier molecular flexibility index (Phi) is 5.88. The van der Waals surface area contributed by atoms with Crippen LogP contribution in [0.15, 0.2) is 82.8 Å². The van der Waals surface area contributed by atoms with Gasteiger partial charge in [0, 0.05) is 27.6 Å². The first-order chi connectivity index (χ1) is 14.9. The van der Waals surface area contributed by atoms with Gasteiger partial charge in [-0.25, -0.2) is 8.42 Å². The molecule has 0 saturated carbocycles. The van der Waals surface area contributed by atoms with Crippen LogP contribution in [-0.2, 0) is 16.6 Å². The van der Waals surface area contributed by atoms with Crippen molar-refractivity contribution < 1.29 is 17.6 Å². The van der Waals surface area contributed by atoms with Gasteiger partial charge in [-0.1, -0.05) is 48.5 Å². The third-order valence-electron chi connectivity index (χ3n) is 5.00. The monoisotopic (exact) mass is 434 g/mol. The van der Waals surface area contributed by atoms with E-state index in [1.54, 1.807) is 12.1 Å². The molecular formula is C24H22N2O4S. The predicted octanol–water partition coefficient (Wildman–Crippen LogP) is 4.75. The summed E-state index contributed by atoms with van der Waals surface area (Å²) in [6.07, 6.45) is 3.00. The number of hydrogen-bond acceptors (Lipinski definition) is 4. The number of aromatic amines is 1. The molecule has 0 bridgehead atoms. The van der Waals surface area contributed by atoms with Gasteiger partial charge in [-0.2, -0.15) is 4.31 Å². The van der Waals surface area contributed by atoms with Gasteiger partial charge >= 0.3 is 0 Å². The first-order valence-corrected chi connectivity index (χ1v) is 11.3. The lowest BCUT2D eigenvalue weighted by Crippen LogP contribution is -2.34. The standard InChI is InChI=1S/C24H22N2O4S/c1-18-24(21-11-5-6-12-22(21)25-18)23(27)17-26(16-20-10-7-14-30-20)31(28,29)15-13-19-8-3-2-4-9-19/h2-15,25H,16-17H2,1H3/b15-13+. The van der Waals surface area contributed by atoms with Gasteiger partial charge in [0.1, 0.15) is 5.76 Å². The molecule has 0 spiro atoms. The normalized spacial score (nSPS) is 12.2. The minimum atomic E-state index is -3.89. The summed E-state index contributed by atoms with van der Waals surface area (Å²) >= 11 is 0. The molecule has 0 atom stereocenters. The summed E-state index contributed by atoms with van der Waals surface area (Å²) in [6, 6.07) is 20.0. The molecule has 0 radical (unpaired) electrons. The molecule has 0 fully saturated rings. The lowest BCUT2D eigenvalue weighted by atomic mass is 10.1. The van der Waals surface area contributed by atoms with Crippen molar-refractivity contribution >= 4 is 32.8 Å². The van der Waals surface area contributed by atoms with Crippen LogP contribution in [-0.4, -0.2) is 30.0 Å². The van der Waals surface area contributed by atoms with E-state index in [0.29, 0.717) is 17.0 Å². The van der Waals surface area contributed by atoms with Crippen molar-refractivity contribution in [2.75, 3.05) is 6.54 Å². The fourth-order valence-electron chi connectivity index (χ4n) is 3.50. The van der Waals surface area contributed by atoms with Gasteiger partial charge in [0.25, 0.3) is 0 Å². The molecule has 0 amide bonds. The number of aromatic nitrogens is 1. The van der Waals surface area contributed by atoms with Crippen LogP contribution >= 0.6 is 0 Å². The zero-order valence-corrected chi connectivity index (χ0v) is 17.8. The molecule has 6 nitrogen and oxygen atoms in total. The van der Waals surface area contributed by atoms with Gasteiger partial charge in [0.05, 0.1) is 19.4 Å². The lowest BCUT2D eigenvalue weighted by molar-refractivity contribution is 0.0964. The maximum Gasteiger partial charge on any atom is 0.237 e. The Bertz CT molecular complexity index is 1320. The van der Waals surface area contributed by atoms with Gasteiger partial charge < -0.3 is 9.40 Å². The first kappa shape index (κ1) is 20.8. The van der Waals surface area contributed by atoms with E-state index >= 15 is 0 Å². The summed E-state index contributed by atoms with van der Waals surface area (Å²) in [7, 11) is -3.89. The summed E-state index contributed by atoms with van der Waals surface area (Å²) in [5, 5.41) is 1.90. The number of fused-ring (bicyclic) bond motifs is 1. The average Bonchev–Trinajstić information content (AvgIpc) is 3.39. The number of para-hydroxylation sites is 1. The van der Waals surface area contributed by atoms with Crippen LogP contribution in [0.4, 0.5) is 0 Å². The van der Waals surface area contributed by atoms with E-state index in [1.807, 2.05) is 61.5 Å². The van der Waals surface area contributed by atoms with Gasteiger partial charge in [0.15, 0.2) is 5.78 Å². The van der Waals surface area contributed by atoms with Gasteiger partial charge in [-0.3, -0.25) is 4.79 Å². The number of H-pyrrole nitrogens is 1. The molecule has 2 aromatic carbocycles. The fraction of sp³-hybridized carbons (Fsp3) is 0.125. The molecule has 31 heavy (non-hydrogen) atoms. The highest BCUT2D eigenvalue weighted by atomic mass is 32.2. The zero-order chi connectivity index (χ0) is 21.8. The second-order valence-electron chi connectivity index (χ2n) is 7.20. The summed E-state index contributed by atoms with van der Waals surface area (Å²) in [5.74, 6) is 0.179. The number of carbonyl (C=O) groups is 1. The summed E-state index contributed by atoms with van der Waals surface area (Å²) in [5.41, 5.74) is 2.80. The Balaban J connectivity index is 1.65. The van der Waals surface area contributed by atoms with E-state index in [9.17, 15) is 13.2 Å². The van der Waals surface area contributed by atoms with E-state index in [-0.39, 0.29) is 18.9 Å². The number of nitrogens with one attached hydrogen (secondary N) is 1. The Morgan fingerprint density at radius 3 is 2.52 bits per heavy atom. The van der Waals surface area contributed by atoms with Crippen molar-refractivity contribution in [3.63, 3.8) is 0 Å². The number of rotatable bonds is 8. The molecule has 0 unspecified atom stereocenters. The quantitative estimate of drug-likeness (QED) is 0.406. The second-order valence-corrected chi connectivity index (χ2v) is 9.02. The smallest absolute Gasteiger partial charge is 0.237 e. The zero-order valence-electron chi connectivity index (χ0n) is 17.0. The molecule has 2 heterocycles. The minimum Gasteiger partial charge on any atom is -0.468 e. The van der Waals surface area contributed by atoms with Crippen molar-refractivity contribution in [2.24, 2.45) is 0 Å². The van der Waals surface area contributed by atoms with Crippen molar-refractivity contribution in [3.05, 3.63) is 101 Å². The SMILES string of the molecule is Cc1[nH]c2ccccc2c1C(=O)CN(Cc1ccco1)S(=O)(=O)/C=C/c1ccccc1. The molecule has 2 aromatic heterocycles. The third kappa shape index (κ3) is 4.68. The first-order valence-electron chi connectivity index (χ1n) is 9.80. The van der Waals surface area contributed by atoms with Crippen LogP contribution < -0.4 is 0 Å². The number of sulfonamides is 1. The number of carbonyl (C=O) groups excluding carboxylic acids is 1. The number of furan rings is 1. The van der Waals surface area contributed by atoms with Crippen LogP contribution in [0.25, 0.3) is 17.0 Å². The van der Waals surface area contributed by atoms with Gasteiger partial charge in [-0.05, 0) is 36.8 Å².